The number of alkyl halides is 3. The molecule has 106 valence electrons. The maximum Gasteiger partial charge on any atom is 0.416 e. The molecular formula is C12H13ClF3NO2. The van der Waals surface area contributed by atoms with Crippen LogP contribution in [0.2, 0.25) is 0 Å². The van der Waals surface area contributed by atoms with Crippen molar-refractivity contribution in [1.82, 2.24) is 0 Å². The normalized spacial score (nSPS) is 12.9. The Bertz CT molecular complexity index is 443. The first-order valence-corrected chi connectivity index (χ1v) is 5.03. The van der Waals surface area contributed by atoms with Gasteiger partial charge in [0.15, 0.2) is 0 Å². The summed E-state index contributed by atoms with van der Waals surface area (Å²) in [5.41, 5.74) is 5.22. The fourth-order valence-corrected chi connectivity index (χ4v) is 1.21. The first-order chi connectivity index (χ1) is 8.34. The van der Waals surface area contributed by atoms with Crippen molar-refractivity contribution < 1.29 is 22.7 Å². The number of benzene rings is 1. The third kappa shape index (κ3) is 5.32. The van der Waals surface area contributed by atoms with Crippen molar-refractivity contribution in [1.29, 1.82) is 0 Å². The van der Waals surface area contributed by atoms with Gasteiger partial charge in [0.1, 0.15) is 6.04 Å². The Labute approximate surface area is 114 Å². The van der Waals surface area contributed by atoms with Gasteiger partial charge in [0.05, 0.1) is 12.7 Å². The molecule has 0 fully saturated rings. The van der Waals surface area contributed by atoms with E-state index in [1.807, 2.05) is 0 Å². The third-order valence-corrected chi connectivity index (χ3v) is 2.21. The van der Waals surface area contributed by atoms with Gasteiger partial charge >= 0.3 is 12.1 Å². The number of esters is 1. The lowest BCUT2D eigenvalue weighted by Crippen LogP contribution is -2.28. The topological polar surface area (TPSA) is 52.3 Å². The molecule has 3 nitrogen and oxygen atoms in total. The summed E-state index contributed by atoms with van der Waals surface area (Å²) in [5, 5.41) is 0. The van der Waals surface area contributed by atoms with Crippen LogP contribution in [-0.4, -0.2) is 19.1 Å². The molecule has 0 bridgehead atoms. The number of nitrogens with two attached hydrogens (primary N) is 1. The van der Waals surface area contributed by atoms with Crippen molar-refractivity contribution in [2.45, 2.75) is 12.2 Å². The van der Waals surface area contributed by atoms with E-state index in [1.54, 1.807) is 0 Å². The summed E-state index contributed by atoms with van der Waals surface area (Å²) in [5.74, 6) is -0.613. The molecule has 19 heavy (non-hydrogen) atoms. The van der Waals surface area contributed by atoms with Crippen LogP contribution in [0.4, 0.5) is 13.2 Å². The Morgan fingerprint density at radius 1 is 1.32 bits per heavy atom. The minimum absolute atomic E-state index is 0. The van der Waals surface area contributed by atoms with Gasteiger partial charge < -0.3 is 10.5 Å². The van der Waals surface area contributed by atoms with E-state index in [2.05, 4.69) is 4.74 Å². The molecule has 1 aromatic rings. The van der Waals surface area contributed by atoms with Crippen LogP contribution in [0.5, 0.6) is 0 Å². The summed E-state index contributed by atoms with van der Waals surface area (Å²) in [6.07, 6.45) is -1.54. The number of ether oxygens (including phenoxy) is 1. The van der Waals surface area contributed by atoms with Crippen LogP contribution in [-0.2, 0) is 15.7 Å². The van der Waals surface area contributed by atoms with Crippen molar-refractivity contribution in [3.05, 3.63) is 41.5 Å². The van der Waals surface area contributed by atoms with Gasteiger partial charge in [0.25, 0.3) is 0 Å². The van der Waals surface area contributed by atoms with E-state index in [0.29, 0.717) is 5.56 Å². The Morgan fingerprint density at radius 2 is 1.84 bits per heavy atom. The summed E-state index contributed by atoms with van der Waals surface area (Å²) in [7, 11) is 1.20. The van der Waals surface area contributed by atoms with Gasteiger partial charge in [-0.15, -0.1) is 12.4 Å². The molecule has 0 aliphatic rings. The Morgan fingerprint density at radius 3 is 2.26 bits per heavy atom. The van der Waals surface area contributed by atoms with E-state index in [9.17, 15) is 18.0 Å². The van der Waals surface area contributed by atoms with Gasteiger partial charge in [0.2, 0.25) is 0 Å². The molecule has 1 rings (SSSR count). The molecule has 0 spiro atoms. The Balaban J connectivity index is 0.00000324. The molecule has 0 heterocycles. The predicted molar refractivity (Wildman–Crippen MR) is 67.7 cm³/mol. The molecule has 1 unspecified atom stereocenters. The first-order valence-electron chi connectivity index (χ1n) is 5.03. The molecule has 0 radical (unpaired) electrons. The molecule has 0 aliphatic heterocycles. The standard InChI is InChI=1S/C12H12F3NO2.ClH/c1-18-11(17)10(16)7-4-8-2-5-9(6-3-8)12(13,14)15;/h2-7,10H,16H2,1H3;1H. The van der Waals surface area contributed by atoms with Crippen LogP contribution in [0, 0.1) is 0 Å². The zero-order chi connectivity index (χ0) is 13.8. The van der Waals surface area contributed by atoms with Crippen molar-refractivity contribution in [2.24, 2.45) is 5.73 Å². The van der Waals surface area contributed by atoms with Crippen LogP contribution in [0.25, 0.3) is 6.08 Å². The van der Waals surface area contributed by atoms with Crippen molar-refractivity contribution >= 4 is 24.5 Å². The number of methoxy groups -OCH3 is 1. The average Bonchev–Trinajstić information content (AvgIpc) is 2.34. The predicted octanol–water partition coefficient (Wildman–Crippen LogP) is 2.64. The highest BCUT2D eigenvalue weighted by molar-refractivity contribution is 5.85. The highest BCUT2D eigenvalue weighted by atomic mass is 35.5. The van der Waals surface area contributed by atoms with Crippen LogP contribution in [0.15, 0.2) is 30.3 Å². The second-order valence-electron chi connectivity index (χ2n) is 3.53. The van der Waals surface area contributed by atoms with Gasteiger partial charge in [-0.25, -0.2) is 0 Å². The van der Waals surface area contributed by atoms with E-state index in [4.69, 9.17) is 5.73 Å². The van der Waals surface area contributed by atoms with E-state index < -0.39 is 23.8 Å². The Hall–Kier alpha value is -1.53. The van der Waals surface area contributed by atoms with Gasteiger partial charge in [-0.05, 0) is 17.7 Å². The lowest BCUT2D eigenvalue weighted by Gasteiger charge is -2.06. The summed E-state index contributed by atoms with van der Waals surface area (Å²) < 4.78 is 41.3. The quantitative estimate of drug-likeness (QED) is 0.872. The van der Waals surface area contributed by atoms with E-state index in [0.717, 1.165) is 12.1 Å². The molecule has 1 aromatic carbocycles. The van der Waals surface area contributed by atoms with Crippen molar-refractivity contribution in [3.63, 3.8) is 0 Å². The number of carbonyl (C=O) groups excluding carboxylic acids is 1. The number of halogens is 4. The second kappa shape index (κ2) is 7.16. The maximum atomic E-state index is 12.3. The van der Waals surface area contributed by atoms with E-state index in [-0.39, 0.29) is 12.4 Å². The average molecular weight is 296 g/mol. The summed E-state index contributed by atoms with van der Waals surface area (Å²) in [4.78, 5) is 11.0. The van der Waals surface area contributed by atoms with Gasteiger partial charge in [-0.3, -0.25) is 4.79 Å². The Kier molecular flexibility index (Phi) is 6.58. The second-order valence-corrected chi connectivity index (χ2v) is 3.53. The highest BCUT2D eigenvalue weighted by Gasteiger charge is 2.29. The summed E-state index contributed by atoms with van der Waals surface area (Å²) in [6, 6.07) is 3.58. The van der Waals surface area contributed by atoms with Crippen LogP contribution in [0.1, 0.15) is 11.1 Å². The molecule has 0 saturated carbocycles. The number of hydrogen-bond acceptors (Lipinski definition) is 3. The largest absolute Gasteiger partial charge is 0.468 e. The zero-order valence-electron chi connectivity index (χ0n) is 9.98. The fourth-order valence-electron chi connectivity index (χ4n) is 1.21. The summed E-state index contributed by atoms with van der Waals surface area (Å²) >= 11 is 0. The maximum absolute atomic E-state index is 12.3. The van der Waals surface area contributed by atoms with Gasteiger partial charge in [-0.1, -0.05) is 24.3 Å². The number of rotatable bonds is 3. The van der Waals surface area contributed by atoms with Gasteiger partial charge in [0, 0.05) is 0 Å². The number of carbonyl (C=O) groups is 1. The molecule has 2 N–H and O–H groups in total. The smallest absolute Gasteiger partial charge is 0.416 e. The molecule has 0 aliphatic carbocycles. The van der Waals surface area contributed by atoms with Crippen LogP contribution >= 0.6 is 12.4 Å². The van der Waals surface area contributed by atoms with Gasteiger partial charge in [-0.2, -0.15) is 13.2 Å². The zero-order valence-corrected chi connectivity index (χ0v) is 10.8. The third-order valence-electron chi connectivity index (χ3n) is 2.21. The lowest BCUT2D eigenvalue weighted by molar-refractivity contribution is -0.141. The summed E-state index contributed by atoms with van der Waals surface area (Å²) in [6.45, 7) is 0. The first kappa shape index (κ1) is 17.5. The van der Waals surface area contributed by atoms with Crippen molar-refractivity contribution in [3.8, 4) is 0 Å². The SMILES string of the molecule is COC(=O)C(N)C=Cc1ccc(C(F)(F)F)cc1.Cl. The van der Waals surface area contributed by atoms with E-state index in [1.165, 1.54) is 31.4 Å². The molecule has 0 amide bonds. The van der Waals surface area contributed by atoms with Crippen molar-refractivity contribution in [2.75, 3.05) is 7.11 Å². The highest BCUT2D eigenvalue weighted by Crippen LogP contribution is 2.29. The molecular weight excluding hydrogens is 283 g/mol. The van der Waals surface area contributed by atoms with Crippen LogP contribution < -0.4 is 5.73 Å². The molecule has 7 heteroatoms. The minimum Gasteiger partial charge on any atom is -0.468 e. The molecule has 1 atom stereocenters. The number of hydrogen-bond donors (Lipinski definition) is 1. The fraction of sp³-hybridized carbons (Fsp3) is 0.250. The monoisotopic (exact) mass is 295 g/mol. The lowest BCUT2D eigenvalue weighted by atomic mass is 10.1. The molecule has 0 saturated heterocycles. The molecule has 0 aromatic heterocycles. The minimum atomic E-state index is -4.36. The van der Waals surface area contributed by atoms with Crippen LogP contribution in [0.3, 0.4) is 0 Å². The van der Waals surface area contributed by atoms with E-state index >= 15 is 0 Å².